The van der Waals surface area contributed by atoms with E-state index in [1.165, 1.54) is 12.1 Å². The third kappa shape index (κ3) is 3.31. The molecule has 6 heteroatoms. The lowest BCUT2D eigenvalue weighted by Gasteiger charge is -2.16. The van der Waals surface area contributed by atoms with Crippen molar-refractivity contribution in [3.05, 3.63) is 82.9 Å². The fraction of sp³-hybridized carbons (Fsp3) is 0.0435. The fourth-order valence-electron chi connectivity index (χ4n) is 3.66. The summed E-state index contributed by atoms with van der Waals surface area (Å²) in [6.45, 7) is 0. The van der Waals surface area contributed by atoms with Gasteiger partial charge in [-0.25, -0.2) is 0 Å². The minimum atomic E-state index is -0.784. The van der Waals surface area contributed by atoms with Gasteiger partial charge >= 0.3 is 0 Å². The topological polar surface area (TPSA) is 74.6 Å². The number of halogens is 2. The van der Waals surface area contributed by atoms with E-state index < -0.39 is 10.5 Å². The molecule has 0 unspecified atom stereocenters. The Kier molecular flexibility index (Phi) is 4.91. The number of phenolic OH excluding ortho intramolecular Hbond substituents is 2. The molecule has 0 saturated heterocycles. The van der Waals surface area contributed by atoms with Crippen LogP contribution in [0.5, 0.6) is 11.5 Å². The van der Waals surface area contributed by atoms with Gasteiger partial charge in [0.2, 0.25) is 0 Å². The summed E-state index contributed by atoms with van der Waals surface area (Å²) in [5.41, 5.74) is 0.806. The lowest BCUT2D eigenvalue weighted by Crippen LogP contribution is -2.01. The van der Waals surface area contributed by atoms with E-state index in [1.807, 2.05) is 36.4 Å². The fourth-order valence-corrected chi connectivity index (χ4v) is 3.95. The second-order valence-electron chi connectivity index (χ2n) is 6.67. The third-order valence-electron chi connectivity index (χ3n) is 5.03. The quantitative estimate of drug-likeness (QED) is 0.408. The van der Waals surface area contributed by atoms with Crippen molar-refractivity contribution in [2.45, 2.75) is 6.42 Å². The first-order chi connectivity index (χ1) is 13.9. The minimum absolute atomic E-state index is 0.0197. The molecular formula is C23H14Cl2O4. The highest BCUT2D eigenvalue weighted by molar-refractivity contribution is 6.68. The maximum atomic E-state index is 11.8. The van der Waals surface area contributed by atoms with Gasteiger partial charge in [0, 0.05) is 17.5 Å². The molecule has 0 radical (unpaired) electrons. The molecule has 0 aliphatic carbocycles. The van der Waals surface area contributed by atoms with Gasteiger partial charge in [-0.3, -0.25) is 9.59 Å². The van der Waals surface area contributed by atoms with Crippen molar-refractivity contribution >= 4 is 55.2 Å². The molecule has 0 aliphatic heterocycles. The minimum Gasteiger partial charge on any atom is -0.507 e. The number of aromatic hydroxyl groups is 2. The molecule has 0 bridgehead atoms. The molecule has 0 atom stereocenters. The van der Waals surface area contributed by atoms with E-state index in [2.05, 4.69) is 0 Å². The van der Waals surface area contributed by atoms with E-state index in [0.29, 0.717) is 21.9 Å². The highest BCUT2D eigenvalue weighted by Crippen LogP contribution is 2.39. The van der Waals surface area contributed by atoms with E-state index in [-0.39, 0.29) is 29.0 Å². The van der Waals surface area contributed by atoms with Crippen LogP contribution in [0, 0.1) is 0 Å². The maximum absolute atomic E-state index is 11.8. The van der Waals surface area contributed by atoms with Crippen LogP contribution in [0.25, 0.3) is 21.5 Å². The van der Waals surface area contributed by atoms with Gasteiger partial charge in [-0.15, -0.1) is 0 Å². The number of hydrogen-bond acceptors (Lipinski definition) is 4. The van der Waals surface area contributed by atoms with Gasteiger partial charge in [-0.2, -0.15) is 0 Å². The Balaban J connectivity index is 2.05. The smallest absolute Gasteiger partial charge is 0.256 e. The normalized spacial score (nSPS) is 11.1. The van der Waals surface area contributed by atoms with Crippen molar-refractivity contribution in [2.75, 3.05) is 0 Å². The molecule has 0 aliphatic rings. The van der Waals surface area contributed by atoms with Crippen LogP contribution in [0.4, 0.5) is 0 Å². The van der Waals surface area contributed by atoms with Crippen molar-refractivity contribution < 1.29 is 19.8 Å². The Bertz CT molecular complexity index is 1210. The summed E-state index contributed by atoms with van der Waals surface area (Å²) < 4.78 is 0. The molecule has 4 aromatic carbocycles. The van der Waals surface area contributed by atoms with Crippen LogP contribution in [0.3, 0.4) is 0 Å². The molecule has 4 rings (SSSR count). The lowest BCUT2D eigenvalue weighted by atomic mass is 9.90. The molecule has 0 spiro atoms. The van der Waals surface area contributed by atoms with Crippen molar-refractivity contribution in [2.24, 2.45) is 0 Å². The zero-order chi connectivity index (χ0) is 20.7. The van der Waals surface area contributed by atoms with Crippen LogP contribution < -0.4 is 0 Å². The van der Waals surface area contributed by atoms with Crippen LogP contribution in [-0.4, -0.2) is 20.7 Å². The first-order valence-electron chi connectivity index (χ1n) is 8.75. The van der Waals surface area contributed by atoms with Gasteiger partial charge in [-0.05, 0) is 56.9 Å². The van der Waals surface area contributed by atoms with E-state index in [0.717, 1.165) is 10.8 Å². The first-order valence-corrected chi connectivity index (χ1v) is 9.51. The molecule has 0 saturated carbocycles. The average Bonchev–Trinajstić information content (AvgIpc) is 2.70. The number of benzene rings is 4. The number of carbonyl (C=O) groups is 2. The molecule has 4 aromatic rings. The molecule has 2 N–H and O–H groups in total. The summed E-state index contributed by atoms with van der Waals surface area (Å²) in [5.74, 6) is -0.510. The zero-order valence-corrected chi connectivity index (χ0v) is 16.5. The zero-order valence-electron chi connectivity index (χ0n) is 14.9. The largest absolute Gasteiger partial charge is 0.507 e. The summed E-state index contributed by atoms with van der Waals surface area (Å²) in [6.07, 6.45) is 0.0642. The van der Waals surface area contributed by atoms with Gasteiger partial charge in [0.05, 0.1) is 11.1 Å². The standard InChI is InChI=1S/C23H14Cl2O4/c24-22(28)18-9-12-5-1-3-7-14(12)16(20(18)26)11-17-15-8-4-2-6-13(15)10-19(21(17)27)23(25)29/h1-10,26-27H,11H2. The van der Waals surface area contributed by atoms with Crippen molar-refractivity contribution in [1.82, 2.24) is 0 Å². The van der Waals surface area contributed by atoms with Gasteiger partial charge in [0.1, 0.15) is 11.5 Å². The van der Waals surface area contributed by atoms with Crippen molar-refractivity contribution in [1.29, 1.82) is 0 Å². The summed E-state index contributed by atoms with van der Waals surface area (Å²) in [7, 11) is 0. The monoisotopic (exact) mass is 424 g/mol. The van der Waals surface area contributed by atoms with E-state index in [9.17, 15) is 19.8 Å². The van der Waals surface area contributed by atoms with E-state index >= 15 is 0 Å². The number of rotatable bonds is 4. The van der Waals surface area contributed by atoms with Gasteiger partial charge in [-0.1, -0.05) is 48.5 Å². The molecule has 0 fully saturated rings. The van der Waals surface area contributed by atoms with Crippen molar-refractivity contribution in [3.8, 4) is 11.5 Å². The number of carbonyl (C=O) groups excluding carboxylic acids is 2. The molecule has 0 heterocycles. The Morgan fingerprint density at radius 3 is 1.45 bits per heavy atom. The molecular weight excluding hydrogens is 411 g/mol. The molecule has 29 heavy (non-hydrogen) atoms. The number of fused-ring (bicyclic) bond motifs is 2. The van der Waals surface area contributed by atoms with Gasteiger partial charge in [0.15, 0.2) is 0 Å². The summed E-state index contributed by atoms with van der Waals surface area (Å²) in [4.78, 5) is 23.7. The maximum Gasteiger partial charge on any atom is 0.256 e. The number of phenols is 2. The summed E-state index contributed by atoms with van der Waals surface area (Å²) in [5, 5.41) is 22.8. The van der Waals surface area contributed by atoms with Crippen LogP contribution in [0.15, 0.2) is 60.7 Å². The van der Waals surface area contributed by atoms with Crippen molar-refractivity contribution in [3.63, 3.8) is 0 Å². The van der Waals surface area contributed by atoms with Gasteiger partial charge in [0.25, 0.3) is 10.5 Å². The second-order valence-corrected chi connectivity index (χ2v) is 7.36. The molecule has 144 valence electrons. The SMILES string of the molecule is O=C(Cl)c1cc2ccccc2c(Cc2c(O)c(C(=O)Cl)cc3ccccc23)c1O. The highest BCUT2D eigenvalue weighted by atomic mass is 35.5. The van der Waals surface area contributed by atoms with Gasteiger partial charge < -0.3 is 10.2 Å². The van der Waals surface area contributed by atoms with Crippen LogP contribution in [0.2, 0.25) is 0 Å². The molecule has 4 nitrogen and oxygen atoms in total. The van der Waals surface area contributed by atoms with Crippen LogP contribution >= 0.6 is 23.2 Å². The Morgan fingerprint density at radius 2 is 1.07 bits per heavy atom. The predicted molar refractivity (Wildman–Crippen MR) is 114 cm³/mol. The third-order valence-corrected chi connectivity index (χ3v) is 5.44. The second kappa shape index (κ2) is 7.39. The van der Waals surface area contributed by atoms with E-state index in [4.69, 9.17) is 23.2 Å². The van der Waals surface area contributed by atoms with Crippen LogP contribution in [-0.2, 0) is 6.42 Å². The molecule has 0 amide bonds. The Hall–Kier alpha value is -3.08. The highest BCUT2D eigenvalue weighted by Gasteiger charge is 2.21. The molecule has 0 aromatic heterocycles. The lowest BCUT2D eigenvalue weighted by molar-refractivity contribution is 0.107. The number of hydrogen-bond donors (Lipinski definition) is 2. The average molecular weight is 425 g/mol. The Labute approximate surface area is 175 Å². The van der Waals surface area contributed by atoms with E-state index in [1.54, 1.807) is 12.1 Å². The Morgan fingerprint density at radius 1 is 0.690 bits per heavy atom. The van der Waals surface area contributed by atoms with Crippen LogP contribution in [0.1, 0.15) is 31.8 Å². The first kappa shape index (κ1) is 19.2. The summed E-state index contributed by atoms with van der Waals surface area (Å²) >= 11 is 11.3. The summed E-state index contributed by atoms with van der Waals surface area (Å²) in [6, 6.07) is 17.5. The predicted octanol–water partition coefficient (Wildman–Crippen LogP) is 5.75.